The third kappa shape index (κ3) is 1.92. The van der Waals surface area contributed by atoms with Gasteiger partial charge in [-0.3, -0.25) is 4.98 Å². The molecule has 1 nitrogen and oxygen atoms in total. The fourth-order valence-corrected chi connectivity index (χ4v) is 3.67. The molecule has 1 aliphatic rings. The quantitative estimate of drug-likeness (QED) is 0.744. The molecule has 2 heteroatoms. The lowest BCUT2D eigenvalue weighted by Crippen LogP contribution is -2.05. The van der Waals surface area contributed by atoms with Crippen LogP contribution in [0.2, 0.25) is 0 Å². The highest BCUT2D eigenvalue weighted by Gasteiger charge is 2.29. The summed E-state index contributed by atoms with van der Waals surface area (Å²) in [5.74, 6) is 2.45. The maximum Gasteiger partial charge on any atom is 0.0330 e. The summed E-state index contributed by atoms with van der Waals surface area (Å²) >= 11 is 2.07. The summed E-state index contributed by atoms with van der Waals surface area (Å²) in [6.07, 6.45) is 4.11. The van der Waals surface area contributed by atoms with Crippen molar-refractivity contribution in [1.82, 2.24) is 4.98 Å². The van der Waals surface area contributed by atoms with Crippen molar-refractivity contribution in [3.8, 4) is 0 Å². The van der Waals surface area contributed by atoms with Crippen molar-refractivity contribution >= 4 is 11.8 Å². The van der Waals surface area contributed by atoms with E-state index in [0.29, 0.717) is 11.2 Å². The number of nitrogens with zero attached hydrogens (tertiary/aromatic N) is 1. The standard InChI is InChI=1S/C13H19NS/c1-8(2)11-6-14-5-10-7-15-13(9(3)4)12(10)11/h5-6,8-9,13H,7H2,1-4H3. The van der Waals surface area contributed by atoms with Gasteiger partial charge in [0.1, 0.15) is 0 Å². The molecule has 1 aromatic rings. The normalized spacial score (nSPS) is 20.0. The molecule has 15 heavy (non-hydrogen) atoms. The van der Waals surface area contributed by atoms with E-state index in [1.54, 1.807) is 5.56 Å². The lowest BCUT2D eigenvalue weighted by Gasteiger charge is -2.19. The number of hydrogen-bond acceptors (Lipinski definition) is 2. The topological polar surface area (TPSA) is 12.9 Å². The third-order valence-corrected chi connectivity index (χ3v) is 4.65. The second kappa shape index (κ2) is 4.17. The van der Waals surface area contributed by atoms with E-state index in [9.17, 15) is 0 Å². The Kier molecular flexibility index (Phi) is 3.06. The van der Waals surface area contributed by atoms with Crippen molar-refractivity contribution in [2.45, 2.75) is 44.6 Å². The van der Waals surface area contributed by atoms with Gasteiger partial charge in [0.2, 0.25) is 0 Å². The van der Waals surface area contributed by atoms with Gasteiger partial charge in [-0.15, -0.1) is 11.8 Å². The Morgan fingerprint density at radius 2 is 2.00 bits per heavy atom. The van der Waals surface area contributed by atoms with Crippen LogP contribution in [-0.4, -0.2) is 4.98 Å². The minimum atomic E-state index is 0.590. The molecule has 1 atom stereocenters. The van der Waals surface area contributed by atoms with Crippen LogP contribution in [0.1, 0.15) is 55.6 Å². The van der Waals surface area contributed by atoms with Crippen molar-refractivity contribution in [1.29, 1.82) is 0 Å². The van der Waals surface area contributed by atoms with Crippen LogP contribution in [-0.2, 0) is 5.75 Å². The first-order valence-corrected chi connectivity index (χ1v) is 6.74. The monoisotopic (exact) mass is 221 g/mol. The second-order valence-corrected chi connectivity index (χ2v) is 6.06. The first kappa shape index (κ1) is 11.0. The molecule has 1 aromatic heterocycles. The number of fused-ring (bicyclic) bond motifs is 1. The maximum atomic E-state index is 4.36. The molecule has 0 fully saturated rings. The predicted molar refractivity (Wildman–Crippen MR) is 67.2 cm³/mol. The molecular weight excluding hydrogens is 202 g/mol. The molecule has 1 unspecified atom stereocenters. The highest BCUT2D eigenvalue weighted by Crippen LogP contribution is 2.48. The smallest absolute Gasteiger partial charge is 0.0330 e. The zero-order chi connectivity index (χ0) is 11.0. The van der Waals surface area contributed by atoms with E-state index >= 15 is 0 Å². The van der Waals surface area contributed by atoms with Gasteiger partial charge in [-0.1, -0.05) is 27.7 Å². The van der Waals surface area contributed by atoms with Crippen LogP contribution in [0.4, 0.5) is 0 Å². The van der Waals surface area contributed by atoms with Gasteiger partial charge in [0.05, 0.1) is 0 Å². The Bertz CT molecular complexity index is 358. The molecule has 0 aliphatic carbocycles. The Labute approximate surface area is 96.7 Å². The summed E-state index contributed by atoms with van der Waals surface area (Å²) in [6.45, 7) is 9.16. The van der Waals surface area contributed by atoms with E-state index in [1.165, 1.54) is 11.1 Å². The number of pyridine rings is 1. The Morgan fingerprint density at radius 1 is 1.27 bits per heavy atom. The summed E-state index contributed by atoms with van der Waals surface area (Å²) < 4.78 is 0. The maximum absolute atomic E-state index is 4.36. The predicted octanol–water partition coefficient (Wildman–Crippen LogP) is 4.15. The zero-order valence-electron chi connectivity index (χ0n) is 9.95. The van der Waals surface area contributed by atoms with Crippen LogP contribution in [0.5, 0.6) is 0 Å². The molecule has 0 amide bonds. The van der Waals surface area contributed by atoms with E-state index < -0.39 is 0 Å². The summed E-state index contributed by atoms with van der Waals surface area (Å²) in [4.78, 5) is 4.36. The van der Waals surface area contributed by atoms with Gasteiger partial charge in [0.15, 0.2) is 0 Å². The minimum absolute atomic E-state index is 0.590. The van der Waals surface area contributed by atoms with E-state index in [-0.39, 0.29) is 0 Å². The molecule has 0 saturated heterocycles. The van der Waals surface area contributed by atoms with Crippen molar-refractivity contribution in [3.63, 3.8) is 0 Å². The van der Waals surface area contributed by atoms with Crippen molar-refractivity contribution < 1.29 is 0 Å². The molecule has 2 rings (SSSR count). The zero-order valence-corrected chi connectivity index (χ0v) is 10.8. The summed E-state index contributed by atoms with van der Waals surface area (Å²) in [5, 5.41) is 0.681. The van der Waals surface area contributed by atoms with Gasteiger partial charge < -0.3 is 0 Å². The first-order valence-electron chi connectivity index (χ1n) is 5.69. The summed E-state index contributed by atoms with van der Waals surface area (Å²) in [5.41, 5.74) is 4.50. The van der Waals surface area contributed by atoms with E-state index in [2.05, 4.69) is 56.8 Å². The van der Waals surface area contributed by atoms with Gasteiger partial charge >= 0.3 is 0 Å². The molecule has 0 saturated carbocycles. The van der Waals surface area contributed by atoms with Crippen LogP contribution < -0.4 is 0 Å². The van der Waals surface area contributed by atoms with Gasteiger partial charge in [0.25, 0.3) is 0 Å². The van der Waals surface area contributed by atoms with Crippen LogP contribution >= 0.6 is 11.8 Å². The van der Waals surface area contributed by atoms with E-state index in [1.807, 2.05) is 0 Å². The number of hydrogen-bond donors (Lipinski definition) is 0. The second-order valence-electron chi connectivity index (χ2n) is 4.93. The number of thioether (sulfide) groups is 1. The van der Waals surface area contributed by atoms with Crippen LogP contribution in [0.25, 0.3) is 0 Å². The lowest BCUT2D eigenvalue weighted by molar-refractivity contribution is 0.627. The molecule has 0 radical (unpaired) electrons. The fraction of sp³-hybridized carbons (Fsp3) is 0.615. The van der Waals surface area contributed by atoms with Crippen LogP contribution in [0.3, 0.4) is 0 Å². The van der Waals surface area contributed by atoms with E-state index in [0.717, 1.165) is 11.7 Å². The minimum Gasteiger partial charge on any atom is -0.264 e. The van der Waals surface area contributed by atoms with Crippen LogP contribution in [0, 0.1) is 5.92 Å². The molecule has 0 spiro atoms. The average molecular weight is 221 g/mol. The number of aromatic nitrogens is 1. The molecule has 82 valence electrons. The van der Waals surface area contributed by atoms with Gasteiger partial charge in [0, 0.05) is 23.4 Å². The van der Waals surface area contributed by atoms with Crippen LogP contribution in [0.15, 0.2) is 12.4 Å². The third-order valence-electron chi connectivity index (χ3n) is 3.03. The Balaban J connectivity index is 2.48. The molecule has 1 aliphatic heterocycles. The molecular formula is C13H19NS. The Hall–Kier alpha value is -0.500. The number of rotatable bonds is 2. The lowest BCUT2D eigenvalue weighted by atomic mass is 9.90. The first-order chi connectivity index (χ1) is 7.11. The average Bonchev–Trinajstić information content (AvgIpc) is 2.60. The summed E-state index contributed by atoms with van der Waals surface area (Å²) in [7, 11) is 0. The van der Waals surface area contributed by atoms with Gasteiger partial charge in [-0.25, -0.2) is 0 Å². The molecule has 0 N–H and O–H groups in total. The molecule has 0 bridgehead atoms. The van der Waals surface area contributed by atoms with Crippen molar-refractivity contribution in [3.05, 3.63) is 29.1 Å². The highest BCUT2D eigenvalue weighted by molar-refractivity contribution is 7.99. The highest BCUT2D eigenvalue weighted by atomic mass is 32.2. The van der Waals surface area contributed by atoms with E-state index in [4.69, 9.17) is 0 Å². The summed E-state index contributed by atoms with van der Waals surface area (Å²) in [6, 6.07) is 0. The SMILES string of the molecule is CC(C)c1cncc2c1C(C(C)C)SC2. The van der Waals surface area contributed by atoms with Crippen molar-refractivity contribution in [2.75, 3.05) is 0 Å². The van der Waals surface area contributed by atoms with Gasteiger partial charge in [-0.05, 0) is 28.5 Å². The van der Waals surface area contributed by atoms with Gasteiger partial charge in [-0.2, -0.15) is 0 Å². The molecule has 2 heterocycles. The van der Waals surface area contributed by atoms with Crippen molar-refractivity contribution in [2.24, 2.45) is 5.92 Å². The largest absolute Gasteiger partial charge is 0.264 e. The Morgan fingerprint density at radius 3 is 2.60 bits per heavy atom. The molecule has 0 aromatic carbocycles. The fourth-order valence-electron chi connectivity index (χ4n) is 2.24.